The van der Waals surface area contributed by atoms with Gasteiger partial charge in [-0.25, -0.2) is 9.59 Å². The zero-order valence-electron chi connectivity index (χ0n) is 21.8. The van der Waals surface area contributed by atoms with Gasteiger partial charge in [0.2, 0.25) is 0 Å². The number of ether oxygens (including phenoxy) is 2. The number of unbranched alkanes of at least 4 members (excludes halogenated alkanes) is 4. The Labute approximate surface area is 200 Å². The van der Waals surface area contributed by atoms with Crippen molar-refractivity contribution >= 4 is 12.3 Å². The lowest BCUT2D eigenvalue weighted by molar-refractivity contribution is -0.477. The first-order chi connectivity index (χ1) is 15.8. The van der Waals surface area contributed by atoms with Crippen LogP contribution in [0.25, 0.3) is 0 Å². The molecular weight excluding hydrogens is 428 g/mol. The van der Waals surface area contributed by atoms with Crippen molar-refractivity contribution in [1.82, 2.24) is 0 Å². The second kappa shape index (κ2) is 19.9. The summed E-state index contributed by atoms with van der Waals surface area (Å²) in [6.45, 7) is 12.5. The maximum absolute atomic E-state index is 12.0. The summed E-state index contributed by atoms with van der Waals surface area (Å²) < 4.78 is 10.3. The van der Waals surface area contributed by atoms with E-state index in [2.05, 4.69) is 34.6 Å². The van der Waals surface area contributed by atoms with E-state index in [-0.39, 0.29) is 25.0 Å². The van der Waals surface area contributed by atoms with Gasteiger partial charge in [-0.1, -0.05) is 86.0 Å². The fourth-order valence-corrected chi connectivity index (χ4v) is 3.25. The lowest BCUT2D eigenvalue weighted by atomic mass is 10.0. The Morgan fingerprint density at radius 2 is 1.09 bits per heavy atom. The van der Waals surface area contributed by atoms with Crippen molar-refractivity contribution in [3.63, 3.8) is 0 Å². The highest BCUT2D eigenvalue weighted by atomic mass is 17.3. The van der Waals surface area contributed by atoms with Gasteiger partial charge in [-0.05, 0) is 38.0 Å². The molecule has 0 aliphatic carbocycles. The second-order valence-electron chi connectivity index (χ2n) is 8.88. The number of rotatable bonds is 20. The molecule has 0 radical (unpaired) electrons. The first kappa shape index (κ1) is 31.5. The zero-order chi connectivity index (χ0) is 25.0. The van der Waals surface area contributed by atoms with Crippen LogP contribution in [0.15, 0.2) is 0 Å². The standard InChI is InChI=1S/C25H48O8/c1-7-12-15-18-25(6,32-30-23(26)28-19-21(10-4)16-13-8-2)33-31-24(27)29-20-22(11-5)17-14-9-3/h21-22H,7-20H2,1-6H3. The minimum Gasteiger partial charge on any atom is -0.432 e. The summed E-state index contributed by atoms with van der Waals surface area (Å²) in [5.74, 6) is -0.898. The third-order valence-corrected chi connectivity index (χ3v) is 5.77. The molecule has 2 unspecified atom stereocenters. The summed E-state index contributed by atoms with van der Waals surface area (Å²) in [4.78, 5) is 44.0. The molecule has 0 bridgehead atoms. The number of hydrogen-bond acceptors (Lipinski definition) is 8. The molecule has 8 nitrogen and oxygen atoms in total. The van der Waals surface area contributed by atoms with Gasteiger partial charge in [-0.3, -0.25) is 9.78 Å². The van der Waals surface area contributed by atoms with Crippen molar-refractivity contribution in [2.75, 3.05) is 13.2 Å². The maximum Gasteiger partial charge on any atom is 0.540 e. The highest BCUT2D eigenvalue weighted by molar-refractivity contribution is 5.59. The average molecular weight is 477 g/mol. The van der Waals surface area contributed by atoms with Gasteiger partial charge < -0.3 is 9.47 Å². The molecule has 33 heavy (non-hydrogen) atoms. The summed E-state index contributed by atoms with van der Waals surface area (Å²) in [6.07, 6.45) is 9.27. The molecule has 0 N–H and O–H groups in total. The Morgan fingerprint density at radius 3 is 1.45 bits per heavy atom. The van der Waals surface area contributed by atoms with Crippen LogP contribution < -0.4 is 0 Å². The molecule has 196 valence electrons. The summed E-state index contributed by atoms with van der Waals surface area (Å²) in [6, 6.07) is 0. The lowest BCUT2D eigenvalue weighted by Gasteiger charge is -2.25. The Bertz CT molecular complexity index is 461. The SMILES string of the molecule is CCCCCC(C)(OOC(=O)OCC(CC)CCCC)OOC(=O)OCC(CC)CCCC. The second-order valence-corrected chi connectivity index (χ2v) is 8.88. The van der Waals surface area contributed by atoms with Crippen LogP contribution in [0.4, 0.5) is 9.59 Å². The predicted octanol–water partition coefficient (Wildman–Crippen LogP) is 7.89. The van der Waals surface area contributed by atoms with Crippen LogP contribution in [0.2, 0.25) is 0 Å². The van der Waals surface area contributed by atoms with Gasteiger partial charge in [-0.2, -0.15) is 0 Å². The van der Waals surface area contributed by atoms with Gasteiger partial charge in [0.05, 0.1) is 13.2 Å². The van der Waals surface area contributed by atoms with Crippen molar-refractivity contribution in [2.24, 2.45) is 11.8 Å². The van der Waals surface area contributed by atoms with E-state index in [1.54, 1.807) is 0 Å². The molecule has 0 aromatic rings. The van der Waals surface area contributed by atoms with Crippen molar-refractivity contribution in [1.29, 1.82) is 0 Å². The molecule has 0 aliphatic rings. The minimum atomic E-state index is -1.47. The van der Waals surface area contributed by atoms with E-state index in [0.717, 1.165) is 70.6 Å². The Hall–Kier alpha value is -1.54. The molecule has 0 fully saturated rings. The fraction of sp³-hybridized carbons (Fsp3) is 0.920. The third kappa shape index (κ3) is 16.7. The van der Waals surface area contributed by atoms with Gasteiger partial charge >= 0.3 is 12.3 Å². The maximum atomic E-state index is 12.0. The molecule has 0 spiro atoms. The third-order valence-electron chi connectivity index (χ3n) is 5.77. The molecule has 2 atom stereocenters. The molecule has 0 amide bonds. The monoisotopic (exact) mass is 476 g/mol. The normalized spacial score (nSPS) is 14.7. The first-order valence-corrected chi connectivity index (χ1v) is 12.9. The van der Waals surface area contributed by atoms with E-state index < -0.39 is 18.1 Å². The quantitative estimate of drug-likeness (QED) is 0.0576. The summed E-state index contributed by atoms with van der Waals surface area (Å²) in [7, 11) is 0. The number of carbonyl (C=O) groups excluding carboxylic acids is 2. The Morgan fingerprint density at radius 1 is 0.667 bits per heavy atom. The van der Waals surface area contributed by atoms with Crippen LogP contribution in [0.1, 0.15) is 119 Å². The highest BCUT2D eigenvalue weighted by Gasteiger charge is 2.33. The topological polar surface area (TPSA) is 89.5 Å². The van der Waals surface area contributed by atoms with E-state index in [1.807, 2.05) is 0 Å². The van der Waals surface area contributed by atoms with Crippen LogP contribution in [0.5, 0.6) is 0 Å². The van der Waals surface area contributed by atoms with E-state index >= 15 is 0 Å². The van der Waals surface area contributed by atoms with Gasteiger partial charge in [0.1, 0.15) is 0 Å². The lowest BCUT2D eigenvalue weighted by Crippen LogP contribution is -2.35. The van der Waals surface area contributed by atoms with Crippen LogP contribution >= 0.6 is 0 Å². The zero-order valence-corrected chi connectivity index (χ0v) is 21.8. The van der Waals surface area contributed by atoms with Gasteiger partial charge in [0.15, 0.2) is 0 Å². The summed E-state index contributed by atoms with van der Waals surface area (Å²) in [5, 5.41) is 0. The van der Waals surface area contributed by atoms with Crippen LogP contribution in [-0.4, -0.2) is 31.3 Å². The van der Waals surface area contributed by atoms with E-state index in [9.17, 15) is 9.59 Å². The molecular formula is C25H48O8. The predicted molar refractivity (Wildman–Crippen MR) is 126 cm³/mol. The molecule has 0 aliphatic heterocycles. The minimum absolute atomic E-state index is 0.269. The molecule has 8 heteroatoms. The van der Waals surface area contributed by atoms with Crippen LogP contribution in [0, 0.1) is 11.8 Å². The van der Waals surface area contributed by atoms with Crippen molar-refractivity contribution < 1.29 is 38.6 Å². The molecule has 0 aromatic heterocycles. The van der Waals surface area contributed by atoms with Gasteiger partial charge in [-0.15, -0.1) is 9.78 Å². The largest absolute Gasteiger partial charge is 0.540 e. The highest BCUT2D eigenvalue weighted by Crippen LogP contribution is 2.23. The Kier molecular flexibility index (Phi) is 19.0. The van der Waals surface area contributed by atoms with Crippen LogP contribution in [-0.2, 0) is 29.0 Å². The smallest absolute Gasteiger partial charge is 0.432 e. The van der Waals surface area contributed by atoms with Crippen molar-refractivity contribution in [3.8, 4) is 0 Å². The van der Waals surface area contributed by atoms with Gasteiger partial charge in [0.25, 0.3) is 5.79 Å². The molecule has 0 saturated heterocycles. The summed E-state index contributed by atoms with van der Waals surface area (Å²) in [5.41, 5.74) is 0. The fourth-order valence-electron chi connectivity index (χ4n) is 3.25. The van der Waals surface area contributed by atoms with E-state index in [1.165, 1.54) is 6.92 Å². The molecule has 0 rings (SSSR count). The number of carbonyl (C=O) groups is 2. The van der Waals surface area contributed by atoms with E-state index in [4.69, 9.17) is 29.0 Å². The average Bonchev–Trinajstić information content (AvgIpc) is 2.82. The molecule has 0 saturated carbocycles. The van der Waals surface area contributed by atoms with Crippen molar-refractivity contribution in [3.05, 3.63) is 0 Å². The number of hydrogen-bond donors (Lipinski definition) is 0. The van der Waals surface area contributed by atoms with Crippen molar-refractivity contribution in [2.45, 2.75) is 124 Å². The van der Waals surface area contributed by atoms with E-state index in [0.29, 0.717) is 6.42 Å². The van der Waals surface area contributed by atoms with Gasteiger partial charge in [0, 0.05) is 6.42 Å². The summed E-state index contributed by atoms with van der Waals surface area (Å²) >= 11 is 0. The molecule has 0 heterocycles. The Balaban J connectivity index is 4.59. The van der Waals surface area contributed by atoms with Crippen LogP contribution in [0.3, 0.4) is 0 Å². The molecule has 0 aromatic carbocycles. The first-order valence-electron chi connectivity index (χ1n) is 12.9.